The Hall–Kier alpha value is -2.15. The first-order valence-electron chi connectivity index (χ1n) is 7.73. The number of hydrogen-bond acceptors (Lipinski definition) is 3. The molecule has 0 bridgehead atoms. The van der Waals surface area contributed by atoms with Crippen LogP contribution in [0.1, 0.15) is 29.6 Å². The maximum atomic E-state index is 13.0. The van der Waals surface area contributed by atoms with Crippen molar-refractivity contribution in [2.75, 3.05) is 13.1 Å². The summed E-state index contributed by atoms with van der Waals surface area (Å²) in [6.07, 6.45) is -4.05. The second kappa shape index (κ2) is 6.05. The summed E-state index contributed by atoms with van der Waals surface area (Å²) in [5.74, 6) is -0.361. The van der Waals surface area contributed by atoms with E-state index >= 15 is 0 Å². The molecule has 1 aliphatic heterocycles. The fourth-order valence-corrected chi connectivity index (χ4v) is 2.98. The van der Waals surface area contributed by atoms with Crippen LogP contribution in [-0.2, 0) is 0 Å². The highest BCUT2D eigenvalue weighted by Gasteiger charge is 2.53. The largest absolute Gasteiger partial charge is 0.417 e. The molecular weight excluding hydrogens is 321 g/mol. The van der Waals surface area contributed by atoms with Crippen LogP contribution in [0.3, 0.4) is 0 Å². The van der Waals surface area contributed by atoms with Gasteiger partial charge in [0.1, 0.15) is 0 Å². The van der Waals surface area contributed by atoms with Gasteiger partial charge < -0.3 is 10.0 Å². The lowest BCUT2D eigenvalue weighted by atomic mass is 9.94. The van der Waals surface area contributed by atoms with Crippen molar-refractivity contribution in [2.45, 2.75) is 31.0 Å². The molecule has 1 fully saturated rings. The van der Waals surface area contributed by atoms with Crippen molar-refractivity contribution in [3.05, 3.63) is 42.1 Å². The number of amides is 1. The van der Waals surface area contributed by atoms with Crippen molar-refractivity contribution < 1.29 is 23.1 Å². The molecule has 1 unspecified atom stereocenters. The second-order valence-electron chi connectivity index (χ2n) is 6.09. The first kappa shape index (κ1) is 16.7. The summed E-state index contributed by atoms with van der Waals surface area (Å²) < 4.78 is 38.9. The predicted molar refractivity (Wildman–Crippen MR) is 82.5 cm³/mol. The van der Waals surface area contributed by atoms with Crippen LogP contribution in [0.4, 0.5) is 13.2 Å². The first-order valence-corrected chi connectivity index (χ1v) is 7.73. The number of rotatable bonds is 1. The Morgan fingerprint density at radius 1 is 1.21 bits per heavy atom. The summed E-state index contributed by atoms with van der Waals surface area (Å²) in [6.45, 7) is 0.0473. The molecular formula is C17H17F3N2O2. The lowest BCUT2D eigenvalue weighted by Gasteiger charge is -2.29. The highest BCUT2D eigenvalue weighted by atomic mass is 19.4. The van der Waals surface area contributed by atoms with Gasteiger partial charge in [-0.1, -0.05) is 18.2 Å². The SMILES string of the molecule is O=C(c1cnc2ccccc2c1)N1CCCC(O)(C(F)(F)F)CC1. The topological polar surface area (TPSA) is 53.4 Å². The molecule has 1 atom stereocenters. The number of carbonyl (C=O) groups excluding carboxylic acids is 1. The number of alkyl halides is 3. The Bertz CT molecular complexity index is 763. The molecule has 24 heavy (non-hydrogen) atoms. The smallest absolute Gasteiger partial charge is 0.380 e. The lowest BCUT2D eigenvalue weighted by molar-refractivity contribution is -0.263. The summed E-state index contributed by atoms with van der Waals surface area (Å²) in [7, 11) is 0. The average Bonchev–Trinajstić information content (AvgIpc) is 2.76. The van der Waals surface area contributed by atoms with E-state index in [-0.39, 0.29) is 25.4 Å². The molecule has 0 saturated carbocycles. The van der Waals surface area contributed by atoms with Gasteiger partial charge in [0.15, 0.2) is 5.60 Å². The van der Waals surface area contributed by atoms with Gasteiger partial charge in [-0.05, 0) is 25.0 Å². The van der Waals surface area contributed by atoms with Crippen molar-refractivity contribution >= 4 is 16.8 Å². The summed E-state index contributed by atoms with van der Waals surface area (Å²) in [6, 6.07) is 8.99. The zero-order chi connectivity index (χ0) is 17.4. The standard InChI is InChI=1S/C17H17F3N2O2/c18-17(19,20)16(24)6-3-8-22(9-7-16)15(23)13-10-12-4-1-2-5-14(12)21-11-13/h1-2,4-5,10-11,24H,3,6-9H2. The third-order valence-corrected chi connectivity index (χ3v) is 4.47. The van der Waals surface area contributed by atoms with Crippen LogP contribution < -0.4 is 0 Å². The maximum Gasteiger partial charge on any atom is 0.417 e. The van der Waals surface area contributed by atoms with Gasteiger partial charge in [-0.2, -0.15) is 13.2 Å². The summed E-state index contributed by atoms with van der Waals surface area (Å²) >= 11 is 0. The van der Waals surface area contributed by atoms with Gasteiger partial charge in [0.05, 0.1) is 11.1 Å². The summed E-state index contributed by atoms with van der Waals surface area (Å²) in [5, 5.41) is 10.6. The number of pyridine rings is 1. The summed E-state index contributed by atoms with van der Waals surface area (Å²) in [5.41, 5.74) is -1.63. The molecule has 3 rings (SSSR count). The highest BCUT2D eigenvalue weighted by molar-refractivity contribution is 5.97. The molecule has 0 radical (unpaired) electrons. The number of aliphatic hydroxyl groups is 1. The number of likely N-dealkylation sites (tertiary alicyclic amines) is 1. The molecule has 128 valence electrons. The lowest BCUT2D eigenvalue weighted by Crippen LogP contribution is -2.46. The molecule has 2 aromatic rings. The second-order valence-corrected chi connectivity index (χ2v) is 6.09. The van der Waals surface area contributed by atoms with Crippen molar-refractivity contribution in [1.29, 1.82) is 0 Å². The van der Waals surface area contributed by atoms with Crippen LogP contribution in [-0.4, -0.2) is 45.8 Å². The number of hydrogen-bond donors (Lipinski definition) is 1. The number of fused-ring (bicyclic) bond motifs is 1. The minimum absolute atomic E-state index is 0.1000. The number of aromatic nitrogens is 1. The molecule has 1 N–H and O–H groups in total. The molecule has 1 aromatic heterocycles. The third-order valence-electron chi connectivity index (χ3n) is 4.47. The molecule has 1 aromatic carbocycles. The van der Waals surface area contributed by atoms with Gasteiger partial charge in [-0.25, -0.2) is 0 Å². The van der Waals surface area contributed by atoms with Gasteiger partial charge >= 0.3 is 6.18 Å². The average molecular weight is 338 g/mol. The zero-order valence-electron chi connectivity index (χ0n) is 12.9. The van der Waals surface area contributed by atoms with Crippen molar-refractivity contribution in [3.63, 3.8) is 0 Å². The number of para-hydroxylation sites is 1. The van der Waals surface area contributed by atoms with E-state index in [2.05, 4.69) is 4.98 Å². The molecule has 0 spiro atoms. The molecule has 0 aliphatic carbocycles. The van der Waals surface area contributed by atoms with Gasteiger partial charge in [-0.15, -0.1) is 0 Å². The molecule has 7 heteroatoms. The molecule has 4 nitrogen and oxygen atoms in total. The maximum absolute atomic E-state index is 13.0. The van der Waals surface area contributed by atoms with E-state index in [4.69, 9.17) is 0 Å². The number of nitrogens with zero attached hydrogens (tertiary/aromatic N) is 2. The van der Waals surface area contributed by atoms with Crippen LogP contribution in [0.2, 0.25) is 0 Å². The summed E-state index contributed by atoms with van der Waals surface area (Å²) in [4.78, 5) is 18.1. The van der Waals surface area contributed by atoms with E-state index in [0.29, 0.717) is 5.56 Å². The highest BCUT2D eigenvalue weighted by Crippen LogP contribution is 2.38. The van der Waals surface area contributed by atoms with Crippen molar-refractivity contribution in [1.82, 2.24) is 9.88 Å². The van der Waals surface area contributed by atoms with Crippen LogP contribution >= 0.6 is 0 Å². The minimum Gasteiger partial charge on any atom is -0.380 e. The Kier molecular flexibility index (Phi) is 4.21. The van der Waals surface area contributed by atoms with Crippen LogP contribution in [0.15, 0.2) is 36.5 Å². The van der Waals surface area contributed by atoms with E-state index in [1.807, 2.05) is 24.3 Å². The number of halogens is 3. The Morgan fingerprint density at radius 2 is 1.96 bits per heavy atom. The van der Waals surface area contributed by atoms with Gasteiger partial charge in [0.25, 0.3) is 5.91 Å². The fraction of sp³-hybridized carbons (Fsp3) is 0.412. The van der Waals surface area contributed by atoms with Crippen LogP contribution in [0.5, 0.6) is 0 Å². The van der Waals surface area contributed by atoms with Crippen LogP contribution in [0, 0.1) is 0 Å². The Morgan fingerprint density at radius 3 is 2.71 bits per heavy atom. The monoisotopic (exact) mass is 338 g/mol. The van der Waals surface area contributed by atoms with Crippen molar-refractivity contribution in [3.8, 4) is 0 Å². The Labute approximate surface area is 136 Å². The van der Waals surface area contributed by atoms with Crippen LogP contribution in [0.25, 0.3) is 10.9 Å². The fourth-order valence-electron chi connectivity index (χ4n) is 2.98. The molecule has 2 heterocycles. The predicted octanol–water partition coefficient (Wildman–Crippen LogP) is 3.15. The molecule has 1 saturated heterocycles. The van der Waals surface area contributed by atoms with Crippen molar-refractivity contribution in [2.24, 2.45) is 0 Å². The molecule has 1 amide bonds. The van der Waals surface area contributed by atoms with Gasteiger partial charge in [-0.3, -0.25) is 9.78 Å². The van der Waals surface area contributed by atoms with E-state index in [1.54, 1.807) is 6.07 Å². The van der Waals surface area contributed by atoms with Gasteiger partial charge in [0, 0.05) is 31.1 Å². The van der Waals surface area contributed by atoms with E-state index in [0.717, 1.165) is 10.9 Å². The number of carbonyl (C=O) groups is 1. The zero-order valence-corrected chi connectivity index (χ0v) is 12.9. The third kappa shape index (κ3) is 3.08. The first-order chi connectivity index (χ1) is 11.3. The van der Waals surface area contributed by atoms with Gasteiger partial charge in [0.2, 0.25) is 0 Å². The minimum atomic E-state index is -4.68. The normalized spacial score (nSPS) is 22.4. The Balaban J connectivity index is 1.79. The molecule has 1 aliphatic rings. The van der Waals surface area contributed by atoms with E-state index in [1.165, 1.54) is 11.1 Å². The number of benzene rings is 1. The van der Waals surface area contributed by atoms with E-state index in [9.17, 15) is 23.1 Å². The van der Waals surface area contributed by atoms with E-state index < -0.39 is 24.6 Å². The quantitative estimate of drug-likeness (QED) is 0.869.